The minimum Gasteiger partial charge on any atom is -0.478 e. The van der Waals surface area contributed by atoms with Gasteiger partial charge in [0.15, 0.2) is 0 Å². The van der Waals surface area contributed by atoms with Crippen LogP contribution in [0.3, 0.4) is 0 Å². The van der Waals surface area contributed by atoms with E-state index in [-0.39, 0.29) is 11.5 Å². The first-order valence-electron chi connectivity index (χ1n) is 9.00. The SMILES string of the molecule is Cc1cc(C/C(=N\O)[C@H](c2ccc(C(=O)O)cc2)c2ccccc2C)ccn1. The van der Waals surface area contributed by atoms with Crippen LogP contribution in [0.5, 0.6) is 0 Å². The van der Waals surface area contributed by atoms with Gasteiger partial charge < -0.3 is 10.3 Å². The predicted molar refractivity (Wildman–Crippen MR) is 108 cm³/mol. The van der Waals surface area contributed by atoms with Crippen LogP contribution in [-0.2, 0) is 6.42 Å². The lowest BCUT2D eigenvalue weighted by atomic mass is 9.82. The van der Waals surface area contributed by atoms with E-state index in [1.54, 1.807) is 30.5 Å². The van der Waals surface area contributed by atoms with Gasteiger partial charge >= 0.3 is 5.97 Å². The molecule has 0 spiro atoms. The van der Waals surface area contributed by atoms with Crippen LogP contribution in [0.15, 0.2) is 72.0 Å². The van der Waals surface area contributed by atoms with Crippen molar-refractivity contribution in [3.63, 3.8) is 0 Å². The van der Waals surface area contributed by atoms with E-state index in [4.69, 9.17) is 0 Å². The Balaban J connectivity index is 2.07. The molecule has 3 aromatic rings. The number of aryl methyl sites for hydroxylation is 2. The summed E-state index contributed by atoms with van der Waals surface area (Å²) in [6.07, 6.45) is 2.20. The molecule has 0 bridgehead atoms. The standard InChI is InChI=1S/C23H22N2O3/c1-15-5-3-4-6-20(15)22(18-7-9-19(10-8-18)23(26)27)21(25-28)14-17-11-12-24-16(2)13-17/h3-13,22,28H,14H2,1-2H3,(H,26,27)/b25-21+/t22-/m1/s1. The molecule has 0 saturated carbocycles. The molecular weight excluding hydrogens is 352 g/mol. The Kier molecular flexibility index (Phi) is 5.84. The average molecular weight is 374 g/mol. The third-order valence-electron chi connectivity index (χ3n) is 4.80. The number of hydrogen-bond acceptors (Lipinski definition) is 4. The maximum absolute atomic E-state index is 11.2. The molecule has 0 unspecified atom stereocenters. The van der Waals surface area contributed by atoms with Crippen LogP contribution in [0.4, 0.5) is 0 Å². The van der Waals surface area contributed by atoms with E-state index >= 15 is 0 Å². The molecule has 1 atom stereocenters. The second kappa shape index (κ2) is 8.48. The van der Waals surface area contributed by atoms with Crippen LogP contribution in [0, 0.1) is 13.8 Å². The zero-order valence-electron chi connectivity index (χ0n) is 15.8. The third-order valence-corrected chi connectivity index (χ3v) is 4.80. The first kappa shape index (κ1) is 19.3. The molecule has 5 heteroatoms. The molecule has 0 radical (unpaired) electrons. The van der Waals surface area contributed by atoms with Crippen LogP contribution < -0.4 is 0 Å². The second-order valence-electron chi connectivity index (χ2n) is 6.79. The first-order valence-corrected chi connectivity index (χ1v) is 9.00. The van der Waals surface area contributed by atoms with Gasteiger partial charge in [-0.15, -0.1) is 0 Å². The van der Waals surface area contributed by atoms with Gasteiger partial charge in [-0.25, -0.2) is 4.79 Å². The van der Waals surface area contributed by atoms with Crippen molar-refractivity contribution in [3.05, 3.63) is 100 Å². The van der Waals surface area contributed by atoms with Gasteiger partial charge in [0.05, 0.1) is 17.2 Å². The first-order chi connectivity index (χ1) is 13.5. The summed E-state index contributed by atoms with van der Waals surface area (Å²) in [6, 6.07) is 18.5. The smallest absolute Gasteiger partial charge is 0.335 e. The molecule has 2 aromatic carbocycles. The zero-order valence-corrected chi connectivity index (χ0v) is 15.8. The van der Waals surface area contributed by atoms with Crippen molar-refractivity contribution < 1.29 is 15.1 Å². The summed E-state index contributed by atoms with van der Waals surface area (Å²) in [5, 5.41) is 22.7. The number of nitrogens with zero attached hydrogens (tertiary/aromatic N) is 2. The number of carboxylic acids is 1. The van der Waals surface area contributed by atoms with Crippen LogP contribution in [0.25, 0.3) is 0 Å². The van der Waals surface area contributed by atoms with Crippen LogP contribution >= 0.6 is 0 Å². The fraction of sp³-hybridized carbons (Fsp3) is 0.174. The molecule has 3 rings (SSSR count). The van der Waals surface area contributed by atoms with Crippen molar-refractivity contribution in [3.8, 4) is 0 Å². The highest BCUT2D eigenvalue weighted by molar-refractivity contribution is 5.95. The van der Waals surface area contributed by atoms with E-state index in [2.05, 4.69) is 10.1 Å². The Morgan fingerprint density at radius 1 is 1.07 bits per heavy atom. The summed E-state index contributed by atoms with van der Waals surface area (Å²) in [6.45, 7) is 3.93. The zero-order chi connectivity index (χ0) is 20.1. The van der Waals surface area contributed by atoms with Gasteiger partial charge in [0.2, 0.25) is 0 Å². The van der Waals surface area contributed by atoms with Gasteiger partial charge in [0.25, 0.3) is 0 Å². The number of rotatable bonds is 6. The summed E-state index contributed by atoms with van der Waals surface area (Å²) < 4.78 is 0. The number of aromatic nitrogens is 1. The van der Waals surface area contributed by atoms with E-state index in [1.165, 1.54) is 0 Å². The van der Waals surface area contributed by atoms with Crippen molar-refractivity contribution >= 4 is 11.7 Å². The van der Waals surface area contributed by atoms with Gasteiger partial charge in [0.1, 0.15) is 0 Å². The molecule has 5 nitrogen and oxygen atoms in total. The molecule has 0 saturated heterocycles. The summed E-state index contributed by atoms with van der Waals surface area (Å²) in [4.78, 5) is 15.4. The third kappa shape index (κ3) is 4.26. The molecule has 1 aromatic heterocycles. The number of oxime groups is 1. The number of carbonyl (C=O) groups is 1. The van der Waals surface area contributed by atoms with Crippen molar-refractivity contribution in [1.82, 2.24) is 4.98 Å². The maximum Gasteiger partial charge on any atom is 0.335 e. The van der Waals surface area contributed by atoms with E-state index in [0.29, 0.717) is 12.1 Å². The largest absolute Gasteiger partial charge is 0.478 e. The quantitative estimate of drug-likeness (QED) is 0.375. The molecular formula is C23H22N2O3. The van der Waals surface area contributed by atoms with Gasteiger partial charge in [-0.3, -0.25) is 4.98 Å². The lowest BCUT2D eigenvalue weighted by Crippen LogP contribution is -2.18. The van der Waals surface area contributed by atoms with E-state index in [0.717, 1.165) is 27.9 Å². The van der Waals surface area contributed by atoms with Crippen molar-refractivity contribution in [1.29, 1.82) is 0 Å². The second-order valence-corrected chi connectivity index (χ2v) is 6.79. The fourth-order valence-electron chi connectivity index (χ4n) is 3.40. The summed E-state index contributed by atoms with van der Waals surface area (Å²) in [5.41, 5.74) is 5.67. The molecule has 1 heterocycles. The number of carboxylic acid groups (broad SMARTS) is 1. The molecule has 0 fully saturated rings. The summed E-state index contributed by atoms with van der Waals surface area (Å²) in [5.74, 6) is -1.26. The molecule has 28 heavy (non-hydrogen) atoms. The molecule has 0 aliphatic carbocycles. The van der Waals surface area contributed by atoms with Crippen LogP contribution in [0.1, 0.15) is 44.2 Å². The van der Waals surface area contributed by atoms with Gasteiger partial charge in [0, 0.05) is 18.3 Å². The lowest BCUT2D eigenvalue weighted by molar-refractivity contribution is 0.0697. The van der Waals surface area contributed by atoms with Crippen LogP contribution in [-0.4, -0.2) is 27.0 Å². The molecule has 0 amide bonds. The lowest BCUT2D eigenvalue weighted by Gasteiger charge is -2.22. The number of benzene rings is 2. The highest BCUT2D eigenvalue weighted by Gasteiger charge is 2.23. The highest BCUT2D eigenvalue weighted by atomic mass is 16.4. The molecule has 0 aliphatic rings. The minimum absolute atomic E-state index is 0.222. The van der Waals surface area contributed by atoms with Gasteiger partial charge in [-0.2, -0.15) is 0 Å². The monoisotopic (exact) mass is 374 g/mol. The normalized spacial score (nSPS) is 12.6. The van der Waals surface area contributed by atoms with E-state index < -0.39 is 5.97 Å². The van der Waals surface area contributed by atoms with Crippen LogP contribution in [0.2, 0.25) is 0 Å². The molecule has 0 aliphatic heterocycles. The number of aromatic carboxylic acids is 1. The maximum atomic E-state index is 11.2. The Hall–Kier alpha value is -3.47. The predicted octanol–water partition coefficient (Wildman–Crippen LogP) is 4.60. The molecule has 2 N–H and O–H groups in total. The Morgan fingerprint density at radius 2 is 1.79 bits per heavy atom. The molecule has 142 valence electrons. The van der Waals surface area contributed by atoms with Crippen molar-refractivity contribution in [2.75, 3.05) is 0 Å². The number of pyridine rings is 1. The van der Waals surface area contributed by atoms with Crippen molar-refractivity contribution in [2.24, 2.45) is 5.16 Å². The van der Waals surface area contributed by atoms with E-state index in [9.17, 15) is 15.1 Å². The summed E-state index contributed by atoms with van der Waals surface area (Å²) >= 11 is 0. The minimum atomic E-state index is -0.970. The van der Waals surface area contributed by atoms with E-state index in [1.807, 2.05) is 50.2 Å². The summed E-state index contributed by atoms with van der Waals surface area (Å²) in [7, 11) is 0. The van der Waals surface area contributed by atoms with Gasteiger partial charge in [-0.05, 0) is 60.4 Å². The fourth-order valence-corrected chi connectivity index (χ4v) is 3.40. The van der Waals surface area contributed by atoms with Crippen molar-refractivity contribution in [2.45, 2.75) is 26.2 Å². The highest BCUT2D eigenvalue weighted by Crippen LogP contribution is 2.30. The number of hydrogen-bond donors (Lipinski definition) is 2. The van der Waals surface area contributed by atoms with Gasteiger partial charge in [-0.1, -0.05) is 41.6 Å². The Bertz CT molecular complexity index is 1010. The average Bonchev–Trinajstić information content (AvgIpc) is 2.69. The topological polar surface area (TPSA) is 82.8 Å². The Morgan fingerprint density at radius 3 is 2.39 bits per heavy atom. The Labute approximate surface area is 164 Å².